The fourth-order valence-corrected chi connectivity index (χ4v) is 3.17. The van der Waals surface area contributed by atoms with Gasteiger partial charge in [0.1, 0.15) is 0 Å². The summed E-state index contributed by atoms with van der Waals surface area (Å²) < 4.78 is 5.76. The number of carbonyl (C=O) groups excluding carboxylic acids is 1. The molecule has 0 saturated carbocycles. The summed E-state index contributed by atoms with van der Waals surface area (Å²) in [4.78, 5) is 14.4. The lowest BCUT2D eigenvalue weighted by Crippen LogP contribution is -2.38. The number of carbonyl (C=O) groups is 1. The molecule has 1 aliphatic rings. The van der Waals surface area contributed by atoms with Crippen LogP contribution in [0.1, 0.15) is 26.3 Å². The fourth-order valence-electron chi connectivity index (χ4n) is 3.00. The van der Waals surface area contributed by atoms with E-state index in [0.717, 1.165) is 5.56 Å². The number of nitrogens with zero attached hydrogens (tertiary/aromatic N) is 1. The minimum absolute atomic E-state index is 0.0544. The lowest BCUT2D eigenvalue weighted by atomic mass is 9.88. The monoisotopic (exact) mass is 310 g/mol. The Balaban J connectivity index is 2.11. The van der Waals surface area contributed by atoms with E-state index >= 15 is 0 Å². The standard InChI is InChI=1S/C16H23ClN2O2/c1-9-10(2)21-11(3)15(9)16(20)19(4)8-12-7-13(18)5-6-14(12)17/h5-7,9-11,15H,8,18H2,1-4H3. The van der Waals surface area contributed by atoms with Gasteiger partial charge < -0.3 is 15.4 Å². The van der Waals surface area contributed by atoms with Crippen molar-refractivity contribution in [1.82, 2.24) is 4.90 Å². The highest BCUT2D eigenvalue weighted by atomic mass is 35.5. The van der Waals surface area contributed by atoms with Crippen LogP contribution in [0.15, 0.2) is 18.2 Å². The van der Waals surface area contributed by atoms with Crippen molar-refractivity contribution >= 4 is 23.2 Å². The number of nitrogens with two attached hydrogens (primary N) is 1. The third kappa shape index (κ3) is 3.33. The lowest BCUT2D eigenvalue weighted by molar-refractivity contribution is -0.137. The summed E-state index contributed by atoms with van der Waals surface area (Å²) in [6.45, 7) is 6.50. The SMILES string of the molecule is CC1OC(C)C(C(=O)N(C)Cc2cc(N)ccc2Cl)C1C. The Bertz CT molecular complexity index is 535. The highest BCUT2D eigenvalue weighted by Gasteiger charge is 2.42. The van der Waals surface area contributed by atoms with Crippen molar-refractivity contribution < 1.29 is 9.53 Å². The van der Waals surface area contributed by atoms with Crippen molar-refractivity contribution in [2.75, 3.05) is 12.8 Å². The van der Waals surface area contributed by atoms with Crippen LogP contribution in [0.25, 0.3) is 0 Å². The van der Waals surface area contributed by atoms with E-state index in [0.29, 0.717) is 17.3 Å². The van der Waals surface area contributed by atoms with E-state index in [9.17, 15) is 4.79 Å². The van der Waals surface area contributed by atoms with Crippen LogP contribution in [0.5, 0.6) is 0 Å². The first-order valence-corrected chi connectivity index (χ1v) is 7.63. The van der Waals surface area contributed by atoms with Gasteiger partial charge in [0, 0.05) is 24.3 Å². The maximum Gasteiger partial charge on any atom is 0.228 e. The van der Waals surface area contributed by atoms with Crippen LogP contribution in [0.4, 0.5) is 5.69 Å². The Kier molecular flexibility index (Phi) is 4.79. The summed E-state index contributed by atoms with van der Waals surface area (Å²) in [7, 11) is 1.80. The summed E-state index contributed by atoms with van der Waals surface area (Å²) in [6, 6.07) is 5.33. The van der Waals surface area contributed by atoms with Crippen LogP contribution >= 0.6 is 11.6 Å². The number of hydrogen-bond acceptors (Lipinski definition) is 3. The molecule has 1 amide bonds. The molecule has 1 saturated heterocycles. The summed E-state index contributed by atoms with van der Waals surface area (Å²) in [5, 5.41) is 0.626. The molecular weight excluding hydrogens is 288 g/mol. The minimum atomic E-state index is -0.107. The zero-order valence-corrected chi connectivity index (χ0v) is 13.7. The molecule has 21 heavy (non-hydrogen) atoms. The van der Waals surface area contributed by atoms with Crippen molar-refractivity contribution in [2.45, 2.75) is 39.5 Å². The summed E-state index contributed by atoms with van der Waals surface area (Å²) in [6.07, 6.45) is 0.0552. The van der Waals surface area contributed by atoms with Gasteiger partial charge in [0.25, 0.3) is 0 Å². The molecule has 0 aromatic heterocycles. The molecule has 2 N–H and O–H groups in total. The highest BCUT2D eigenvalue weighted by molar-refractivity contribution is 6.31. The predicted octanol–water partition coefficient (Wildman–Crippen LogP) is 2.94. The van der Waals surface area contributed by atoms with Gasteiger partial charge in [-0.15, -0.1) is 0 Å². The molecule has 5 heteroatoms. The number of hydrogen-bond donors (Lipinski definition) is 1. The van der Waals surface area contributed by atoms with E-state index in [1.54, 1.807) is 24.1 Å². The molecule has 1 fully saturated rings. The van der Waals surface area contributed by atoms with Crippen LogP contribution < -0.4 is 5.73 Å². The van der Waals surface area contributed by atoms with Crippen LogP contribution in [0, 0.1) is 11.8 Å². The molecule has 0 radical (unpaired) electrons. The topological polar surface area (TPSA) is 55.6 Å². The van der Waals surface area contributed by atoms with Gasteiger partial charge in [-0.1, -0.05) is 18.5 Å². The highest BCUT2D eigenvalue weighted by Crippen LogP contribution is 2.33. The molecule has 1 heterocycles. The van der Waals surface area contributed by atoms with Gasteiger partial charge in [0.2, 0.25) is 5.91 Å². The second-order valence-corrected chi connectivity index (χ2v) is 6.38. The van der Waals surface area contributed by atoms with E-state index in [2.05, 4.69) is 6.92 Å². The van der Waals surface area contributed by atoms with E-state index in [1.165, 1.54) is 0 Å². The van der Waals surface area contributed by atoms with Crippen LogP contribution in [0.2, 0.25) is 5.02 Å². The Hall–Kier alpha value is -1.26. The zero-order valence-electron chi connectivity index (χ0n) is 13.0. The quantitative estimate of drug-likeness (QED) is 0.873. The Morgan fingerprint density at radius 1 is 1.33 bits per heavy atom. The summed E-state index contributed by atoms with van der Waals surface area (Å²) >= 11 is 6.17. The van der Waals surface area contributed by atoms with Gasteiger partial charge in [-0.2, -0.15) is 0 Å². The predicted molar refractivity (Wildman–Crippen MR) is 85.0 cm³/mol. The van der Waals surface area contributed by atoms with Crippen molar-refractivity contribution in [3.8, 4) is 0 Å². The Morgan fingerprint density at radius 3 is 2.57 bits per heavy atom. The molecule has 0 spiro atoms. The second kappa shape index (κ2) is 6.24. The van der Waals surface area contributed by atoms with Crippen molar-refractivity contribution in [3.05, 3.63) is 28.8 Å². The molecule has 0 aliphatic carbocycles. The number of benzene rings is 1. The molecule has 2 rings (SSSR count). The normalized spacial score (nSPS) is 28.6. The minimum Gasteiger partial charge on any atom is -0.399 e. The third-order valence-corrected chi connectivity index (χ3v) is 4.75. The molecule has 1 aromatic rings. The second-order valence-electron chi connectivity index (χ2n) is 5.98. The third-order valence-electron chi connectivity index (χ3n) is 4.38. The first-order chi connectivity index (χ1) is 9.81. The molecule has 1 aromatic carbocycles. The average molecular weight is 311 g/mol. The molecule has 4 unspecified atom stereocenters. The molecule has 0 bridgehead atoms. The largest absolute Gasteiger partial charge is 0.399 e. The maximum absolute atomic E-state index is 12.7. The van der Waals surface area contributed by atoms with Gasteiger partial charge in [-0.3, -0.25) is 4.79 Å². The van der Waals surface area contributed by atoms with E-state index < -0.39 is 0 Å². The Morgan fingerprint density at radius 2 is 2.00 bits per heavy atom. The van der Waals surface area contributed by atoms with Gasteiger partial charge in [0.05, 0.1) is 18.1 Å². The van der Waals surface area contributed by atoms with Crippen LogP contribution in [0.3, 0.4) is 0 Å². The van der Waals surface area contributed by atoms with Gasteiger partial charge >= 0.3 is 0 Å². The summed E-state index contributed by atoms with van der Waals surface area (Å²) in [5.41, 5.74) is 7.29. The molecule has 4 nitrogen and oxygen atoms in total. The number of halogens is 1. The number of nitrogen functional groups attached to an aromatic ring is 1. The van der Waals surface area contributed by atoms with Crippen molar-refractivity contribution in [2.24, 2.45) is 11.8 Å². The van der Waals surface area contributed by atoms with E-state index in [4.69, 9.17) is 22.1 Å². The zero-order chi connectivity index (χ0) is 15.7. The fraction of sp³-hybridized carbons (Fsp3) is 0.562. The molecule has 1 aliphatic heterocycles. The number of ether oxygens (including phenoxy) is 1. The Labute approximate surface area is 131 Å². The maximum atomic E-state index is 12.7. The lowest BCUT2D eigenvalue weighted by Gasteiger charge is -2.25. The van der Waals surface area contributed by atoms with Crippen LogP contribution in [-0.2, 0) is 16.1 Å². The molecule has 116 valence electrons. The van der Waals surface area contributed by atoms with Gasteiger partial charge in [-0.25, -0.2) is 0 Å². The smallest absolute Gasteiger partial charge is 0.228 e. The first-order valence-electron chi connectivity index (χ1n) is 7.25. The van der Waals surface area contributed by atoms with E-state index in [1.807, 2.05) is 19.9 Å². The van der Waals surface area contributed by atoms with Crippen molar-refractivity contribution in [3.63, 3.8) is 0 Å². The van der Waals surface area contributed by atoms with E-state index in [-0.39, 0.29) is 30.0 Å². The molecule has 4 atom stereocenters. The van der Waals surface area contributed by atoms with Crippen LogP contribution in [-0.4, -0.2) is 30.1 Å². The average Bonchev–Trinajstić information content (AvgIpc) is 2.67. The number of amides is 1. The number of rotatable bonds is 3. The van der Waals surface area contributed by atoms with Gasteiger partial charge in [-0.05, 0) is 43.5 Å². The molecular formula is C16H23ClN2O2. The number of anilines is 1. The van der Waals surface area contributed by atoms with Crippen molar-refractivity contribution in [1.29, 1.82) is 0 Å². The van der Waals surface area contributed by atoms with Gasteiger partial charge in [0.15, 0.2) is 0 Å². The summed E-state index contributed by atoms with van der Waals surface area (Å²) in [5.74, 6) is 0.203. The first kappa shape index (κ1) is 16.1.